The van der Waals surface area contributed by atoms with Gasteiger partial charge in [-0.25, -0.2) is 0 Å². The first kappa shape index (κ1) is 12.0. The Morgan fingerprint density at radius 3 is 2.64 bits per heavy atom. The van der Waals surface area contributed by atoms with Crippen LogP contribution in [0, 0.1) is 11.8 Å². The lowest BCUT2D eigenvalue weighted by Crippen LogP contribution is -2.48. The van der Waals surface area contributed by atoms with Crippen LogP contribution in [0.3, 0.4) is 0 Å². The summed E-state index contributed by atoms with van der Waals surface area (Å²) in [5.41, 5.74) is 5.85. The highest BCUT2D eigenvalue weighted by atomic mass is 15.2. The molecular formula is C12H26N2. The maximum atomic E-state index is 5.85. The van der Waals surface area contributed by atoms with E-state index >= 15 is 0 Å². The van der Waals surface area contributed by atoms with Crippen molar-refractivity contribution in [2.24, 2.45) is 17.6 Å². The van der Waals surface area contributed by atoms with Crippen molar-refractivity contribution in [2.75, 3.05) is 19.6 Å². The molecule has 1 heterocycles. The fourth-order valence-corrected chi connectivity index (χ4v) is 2.57. The van der Waals surface area contributed by atoms with Crippen LogP contribution in [0.25, 0.3) is 0 Å². The van der Waals surface area contributed by atoms with Gasteiger partial charge in [0.25, 0.3) is 0 Å². The number of rotatable bonds is 4. The van der Waals surface area contributed by atoms with Crippen LogP contribution in [0.15, 0.2) is 0 Å². The Hall–Kier alpha value is -0.0800. The zero-order valence-corrected chi connectivity index (χ0v) is 10.00. The molecule has 0 amide bonds. The molecule has 1 fully saturated rings. The number of hydrogen-bond acceptors (Lipinski definition) is 2. The number of nitrogens with zero attached hydrogens (tertiary/aromatic N) is 1. The summed E-state index contributed by atoms with van der Waals surface area (Å²) in [6.07, 6.45) is 4.11. The van der Waals surface area contributed by atoms with Crippen molar-refractivity contribution in [1.29, 1.82) is 0 Å². The molecule has 0 aromatic rings. The van der Waals surface area contributed by atoms with E-state index in [9.17, 15) is 0 Å². The standard InChI is InChI=1S/C12H26N2/c1-4-11-6-5-7-14(9-11)12(8-13)10(2)3/h10-12H,4-9,13H2,1-3H3. The molecule has 2 N–H and O–H groups in total. The van der Waals surface area contributed by atoms with Crippen LogP contribution in [0.2, 0.25) is 0 Å². The monoisotopic (exact) mass is 198 g/mol. The quantitative estimate of drug-likeness (QED) is 0.749. The van der Waals surface area contributed by atoms with Crippen LogP contribution in [0.5, 0.6) is 0 Å². The third-order valence-corrected chi connectivity index (χ3v) is 3.61. The third kappa shape index (κ3) is 2.96. The van der Waals surface area contributed by atoms with E-state index in [-0.39, 0.29) is 0 Å². The van der Waals surface area contributed by atoms with Crippen molar-refractivity contribution in [1.82, 2.24) is 4.90 Å². The highest BCUT2D eigenvalue weighted by Crippen LogP contribution is 2.22. The Bertz CT molecular complexity index is 156. The Morgan fingerprint density at radius 2 is 2.14 bits per heavy atom. The van der Waals surface area contributed by atoms with Crippen molar-refractivity contribution in [2.45, 2.75) is 46.1 Å². The van der Waals surface area contributed by atoms with E-state index in [1.54, 1.807) is 0 Å². The molecule has 1 aliphatic heterocycles. The van der Waals surface area contributed by atoms with Crippen molar-refractivity contribution >= 4 is 0 Å². The smallest absolute Gasteiger partial charge is 0.0241 e. The van der Waals surface area contributed by atoms with Crippen molar-refractivity contribution in [3.8, 4) is 0 Å². The van der Waals surface area contributed by atoms with Gasteiger partial charge >= 0.3 is 0 Å². The average molecular weight is 198 g/mol. The molecule has 2 heteroatoms. The van der Waals surface area contributed by atoms with E-state index in [0.29, 0.717) is 12.0 Å². The minimum Gasteiger partial charge on any atom is -0.329 e. The van der Waals surface area contributed by atoms with Gasteiger partial charge in [-0.15, -0.1) is 0 Å². The maximum Gasteiger partial charge on any atom is 0.0241 e. The Labute approximate surface area is 88.8 Å². The maximum absolute atomic E-state index is 5.85. The van der Waals surface area contributed by atoms with Crippen LogP contribution < -0.4 is 5.73 Å². The summed E-state index contributed by atoms with van der Waals surface area (Å²) >= 11 is 0. The van der Waals surface area contributed by atoms with E-state index in [0.717, 1.165) is 12.5 Å². The van der Waals surface area contributed by atoms with Crippen LogP contribution in [-0.4, -0.2) is 30.6 Å². The second kappa shape index (κ2) is 5.72. The first-order valence-corrected chi connectivity index (χ1v) is 6.13. The van der Waals surface area contributed by atoms with Gasteiger partial charge in [0.1, 0.15) is 0 Å². The normalized spacial score (nSPS) is 26.8. The molecule has 2 unspecified atom stereocenters. The first-order valence-electron chi connectivity index (χ1n) is 6.13. The zero-order chi connectivity index (χ0) is 10.6. The van der Waals surface area contributed by atoms with Crippen molar-refractivity contribution < 1.29 is 0 Å². The lowest BCUT2D eigenvalue weighted by molar-refractivity contribution is 0.0985. The van der Waals surface area contributed by atoms with Gasteiger partial charge in [0, 0.05) is 19.1 Å². The molecule has 0 radical (unpaired) electrons. The van der Waals surface area contributed by atoms with Gasteiger partial charge in [0.05, 0.1) is 0 Å². The Balaban J connectivity index is 2.48. The summed E-state index contributed by atoms with van der Waals surface area (Å²) in [6.45, 7) is 10.2. The summed E-state index contributed by atoms with van der Waals surface area (Å²) < 4.78 is 0. The van der Waals surface area contributed by atoms with E-state index in [1.165, 1.54) is 32.4 Å². The van der Waals surface area contributed by atoms with E-state index in [1.807, 2.05) is 0 Å². The second-order valence-corrected chi connectivity index (χ2v) is 4.96. The summed E-state index contributed by atoms with van der Waals surface area (Å²) in [7, 11) is 0. The summed E-state index contributed by atoms with van der Waals surface area (Å²) in [6, 6.07) is 0.601. The molecule has 0 saturated carbocycles. The molecule has 0 aromatic carbocycles. The number of hydrogen-bond donors (Lipinski definition) is 1. The van der Waals surface area contributed by atoms with E-state index in [4.69, 9.17) is 5.73 Å². The predicted octanol–water partition coefficient (Wildman–Crippen LogP) is 2.09. The highest BCUT2D eigenvalue weighted by molar-refractivity contribution is 4.81. The predicted molar refractivity (Wildman–Crippen MR) is 62.3 cm³/mol. The van der Waals surface area contributed by atoms with Crippen molar-refractivity contribution in [3.63, 3.8) is 0 Å². The van der Waals surface area contributed by atoms with Crippen LogP contribution in [-0.2, 0) is 0 Å². The van der Waals surface area contributed by atoms with Crippen LogP contribution in [0.1, 0.15) is 40.0 Å². The molecule has 1 aliphatic rings. The molecular weight excluding hydrogens is 172 g/mol. The topological polar surface area (TPSA) is 29.3 Å². The summed E-state index contributed by atoms with van der Waals surface area (Å²) in [4.78, 5) is 2.61. The molecule has 84 valence electrons. The largest absolute Gasteiger partial charge is 0.329 e. The minimum absolute atomic E-state index is 0.601. The molecule has 0 aliphatic carbocycles. The van der Waals surface area contributed by atoms with Gasteiger partial charge in [-0.05, 0) is 31.2 Å². The highest BCUT2D eigenvalue weighted by Gasteiger charge is 2.25. The lowest BCUT2D eigenvalue weighted by atomic mass is 9.92. The second-order valence-electron chi connectivity index (χ2n) is 4.96. The van der Waals surface area contributed by atoms with E-state index < -0.39 is 0 Å². The van der Waals surface area contributed by atoms with Gasteiger partial charge in [0.15, 0.2) is 0 Å². The van der Waals surface area contributed by atoms with Gasteiger partial charge in [0.2, 0.25) is 0 Å². The molecule has 2 atom stereocenters. The van der Waals surface area contributed by atoms with E-state index in [2.05, 4.69) is 25.7 Å². The summed E-state index contributed by atoms with van der Waals surface area (Å²) in [5, 5.41) is 0. The lowest BCUT2D eigenvalue weighted by Gasteiger charge is -2.39. The number of nitrogens with two attached hydrogens (primary N) is 1. The summed E-state index contributed by atoms with van der Waals surface area (Å²) in [5.74, 6) is 1.60. The molecule has 1 rings (SSSR count). The molecule has 0 spiro atoms. The molecule has 2 nitrogen and oxygen atoms in total. The van der Waals surface area contributed by atoms with Crippen LogP contribution >= 0.6 is 0 Å². The van der Waals surface area contributed by atoms with Gasteiger partial charge in [-0.1, -0.05) is 27.2 Å². The first-order chi connectivity index (χ1) is 6.69. The minimum atomic E-state index is 0.601. The Morgan fingerprint density at radius 1 is 1.43 bits per heavy atom. The number of likely N-dealkylation sites (tertiary alicyclic amines) is 1. The van der Waals surface area contributed by atoms with Crippen LogP contribution in [0.4, 0.5) is 0 Å². The molecule has 0 aromatic heterocycles. The third-order valence-electron chi connectivity index (χ3n) is 3.61. The van der Waals surface area contributed by atoms with Gasteiger partial charge in [-0.2, -0.15) is 0 Å². The average Bonchev–Trinajstić information content (AvgIpc) is 2.19. The number of piperidine rings is 1. The van der Waals surface area contributed by atoms with Gasteiger partial charge in [-0.3, -0.25) is 4.90 Å². The molecule has 14 heavy (non-hydrogen) atoms. The SMILES string of the molecule is CCC1CCCN(C(CN)C(C)C)C1. The zero-order valence-electron chi connectivity index (χ0n) is 10.00. The Kier molecular flexibility index (Phi) is 4.90. The van der Waals surface area contributed by atoms with Crippen molar-refractivity contribution in [3.05, 3.63) is 0 Å². The molecule has 0 bridgehead atoms. The fourth-order valence-electron chi connectivity index (χ4n) is 2.57. The molecule has 1 saturated heterocycles. The van der Waals surface area contributed by atoms with Gasteiger partial charge < -0.3 is 5.73 Å². The fraction of sp³-hybridized carbons (Fsp3) is 1.00.